The third kappa shape index (κ3) is 2.40. The van der Waals surface area contributed by atoms with E-state index < -0.39 is 0 Å². The van der Waals surface area contributed by atoms with Gasteiger partial charge in [0, 0.05) is 11.8 Å². The summed E-state index contributed by atoms with van der Waals surface area (Å²) in [5.74, 6) is 6.49. The maximum atomic E-state index is 13.4. The second-order valence-corrected chi connectivity index (χ2v) is 12.9. The molecule has 0 saturated heterocycles. The molecule has 1 nitrogen and oxygen atoms in total. The molecular formula is C27H44O. The molecule has 0 amide bonds. The van der Waals surface area contributed by atoms with Gasteiger partial charge in [-0.25, -0.2) is 0 Å². The van der Waals surface area contributed by atoms with Gasteiger partial charge in [0.25, 0.3) is 0 Å². The zero-order valence-corrected chi connectivity index (χ0v) is 19.2. The van der Waals surface area contributed by atoms with E-state index in [1.807, 2.05) is 0 Å². The van der Waals surface area contributed by atoms with E-state index >= 15 is 0 Å². The number of ketones is 1. The number of carbonyl (C=O) groups is 1. The second-order valence-electron chi connectivity index (χ2n) is 12.9. The van der Waals surface area contributed by atoms with E-state index in [9.17, 15) is 4.79 Å². The van der Waals surface area contributed by atoms with Crippen LogP contribution in [0.25, 0.3) is 0 Å². The van der Waals surface area contributed by atoms with Gasteiger partial charge < -0.3 is 0 Å². The van der Waals surface area contributed by atoms with Gasteiger partial charge in [0.1, 0.15) is 5.78 Å². The minimum Gasteiger partial charge on any atom is -0.299 e. The van der Waals surface area contributed by atoms with E-state index in [1.54, 1.807) is 0 Å². The van der Waals surface area contributed by atoms with Crippen LogP contribution in [0.2, 0.25) is 0 Å². The van der Waals surface area contributed by atoms with Crippen molar-refractivity contribution < 1.29 is 4.79 Å². The van der Waals surface area contributed by atoms with E-state index in [0.717, 1.165) is 41.9 Å². The van der Waals surface area contributed by atoms with Crippen LogP contribution in [0, 0.1) is 57.7 Å². The highest BCUT2D eigenvalue weighted by Gasteiger charge is 2.77. The van der Waals surface area contributed by atoms with Crippen molar-refractivity contribution >= 4 is 5.78 Å². The quantitative estimate of drug-likeness (QED) is 0.486. The van der Waals surface area contributed by atoms with Crippen molar-refractivity contribution in [1.29, 1.82) is 0 Å². The maximum Gasteiger partial charge on any atom is 0.140 e. The Morgan fingerprint density at radius 3 is 2.46 bits per heavy atom. The van der Waals surface area contributed by atoms with Crippen LogP contribution in [-0.2, 0) is 4.79 Å². The number of hydrogen-bond donors (Lipinski definition) is 0. The van der Waals surface area contributed by atoms with Crippen molar-refractivity contribution in [2.24, 2.45) is 57.7 Å². The highest BCUT2D eigenvalue weighted by molar-refractivity contribution is 5.91. The van der Waals surface area contributed by atoms with Gasteiger partial charge in [-0.3, -0.25) is 4.79 Å². The van der Waals surface area contributed by atoms with E-state index in [2.05, 4.69) is 34.6 Å². The fourth-order valence-corrected chi connectivity index (χ4v) is 10.0. The molecule has 0 heterocycles. The molecule has 0 radical (unpaired) electrons. The lowest BCUT2D eigenvalue weighted by Gasteiger charge is -2.58. The Morgan fingerprint density at radius 2 is 1.75 bits per heavy atom. The second kappa shape index (κ2) is 6.34. The smallest absolute Gasteiger partial charge is 0.140 e. The zero-order chi connectivity index (χ0) is 19.9. The van der Waals surface area contributed by atoms with Crippen LogP contribution >= 0.6 is 0 Å². The van der Waals surface area contributed by atoms with E-state index in [-0.39, 0.29) is 5.41 Å². The summed E-state index contributed by atoms with van der Waals surface area (Å²) in [5, 5.41) is 0. The van der Waals surface area contributed by atoms with Crippen molar-refractivity contribution in [3.05, 3.63) is 0 Å². The van der Waals surface area contributed by atoms with Gasteiger partial charge >= 0.3 is 0 Å². The SMILES string of the molecule is CC(C)CCC[C@H](C)[C@H]1CC[C@@H]2[C@@H]3CC(=O)[C@]45C[C@H]4CC[C@]5(C)[C@@H]3CC[C@@]21C. The molecule has 158 valence electrons. The molecule has 0 aromatic heterocycles. The Bertz CT molecular complexity index is 651. The minimum atomic E-state index is 0.157. The highest BCUT2D eigenvalue weighted by atomic mass is 16.1. The molecule has 5 aliphatic rings. The number of rotatable bonds is 5. The Hall–Kier alpha value is -0.330. The zero-order valence-electron chi connectivity index (χ0n) is 19.2. The van der Waals surface area contributed by atoms with Crippen LogP contribution in [0.4, 0.5) is 0 Å². The largest absolute Gasteiger partial charge is 0.299 e. The predicted octanol–water partition coefficient (Wildman–Crippen LogP) is 7.29. The first-order valence-corrected chi connectivity index (χ1v) is 12.8. The number of hydrogen-bond acceptors (Lipinski definition) is 1. The molecule has 1 heteroatoms. The summed E-state index contributed by atoms with van der Waals surface area (Å²) in [6.45, 7) is 12.5. The summed E-state index contributed by atoms with van der Waals surface area (Å²) in [7, 11) is 0. The molecule has 5 rings (SSSR count). The Labute approximate surface area is 173 Å². The fraction of sp³-hybridized carbons (Fsp3) is 0.963. The molecule has 5 aliphatic carbocycles. The third-order valence-corrected chi connectivity index (χ3v) is 11.5. The average molecular weight is 385 g/mol. The minimum absolute atomic E-state index is 0.157. The van der Waals surface area contributed by atoms with Gasteiger partial charge in [-0.2, -0.15) is 0 Å². The maximum absolute atomic E-state index is 13.4. The monoisotopic (exact) mass is 384 g/mol. The lowest BCUT2D eigenvalue weighted by molar-refractivity contribution is -0.151. The molecule has 0 bridgehead atoms. The Kier molecular flexibility index (Phi) is 4.44. The van der Waals surface area contributed by atoms with E-state index in [0.29, 0.717) is 22.5 Å². The van der Waals surface area contributed by atoms with Crippen molar-refractivity contribution in [1.82, 2.24) is 0 Å². The number of Topliss-reactive ketones (excluding diaryl/α,β-unsaturated/α-hetero) is 1. The van der Waals surface area contributed by atoms with Crippen LogP contribution in [0.3, 0.4) is 0 Å². The van der Waals surface area contributed by atoms with Gasteiger partial charge in [-0.05, 0) is 97.2 Å². The van der Waals surface area contributed by atoms with Crippen molar-refractivity contribution in [2.75, 3.05) is 0 Å². The molecule has 0 aromatic carbocycles. The lowest BCUT2D eigenvalue weighted by Crippen LogP contribution is -2.55. The van der Waals surface area contributed by atoms with Crippen LogP contribution in [0.5, 0.6) is 0 Å². The standard InChI is InChI=1S/C27H44O/c1-17(2)7-6-8-18(3)21-9-10-22-20-15-24(28)27-16-19(27)11-14-26(27,5)23(20)12-13-25(21,22)4/h17-23H,6-16H2,1-5H3/t18-,19+,20-,21+,22+,23+,25+,26+,27-/m0/s1. The van der Waals surface area contributed by atoms with Gasteiger partial charge in [-0.15, -0.1) is 0 Å². The first kappa shape index (κ1) is 19.6. The molecule has 0 N–H and O–H groups in total. The molecule has 0 unspecified atom stereocenters. The van der Waals surface area contributed by atoms with Crippen LogP contribution in [0.15, 0.2) is 0 Å². The Balaban J connectivity index is 1.35. The van der Waals surface area contributed by atoms with Crippen LogP contribution < -0.4 is 0 Å². The Morgan fingerprint density at radius 1 is 0.964 bits per heavy atom. The van der Waals surface area contributed by atoms with Gasteiger partial charge in [0.15, 0.2) is 0 Å². The molecule has 5 saturated carbocycles. The first-order valence-electron chi connectivity index (χ1n) is 12.8. The third-order valence-electron chi connectivity index (χ3n) is 11.5. The number of fused-ring (bicyclic) bond motifs is 4. The van der Waals surface area contributed by atoms with Gasteiger partial charge in [0.2, 0.25) is 0 Å². The average Bonchev–Trinajstić information content (AvgIpc) is 3.15. The predicted molar refractivity (Wildman–Crippen MR) is 116 cm³/mol. The van der Waals surface area contributed by atoms with Gasteiger partial charge in [-0.1, -0.05) is 53.9 Å². The topological polar surface area (TPSA) is 17.1 Å². The highest BCUT2D eigenvalue weighted by Crippen LogP contribution is 2.80. The molecule has 28 heavy (non-hydrogen) atoms. The summed E-state index contributed by atoms with van der Waals surface area (Å²) >= 11 is 0. The van der Waals surface area contributed by atoms with E-state index in [4.69, 9.17) is 0 Å². The molecule has 1 spiro atoms. The molecule has 9 atom stereocenters. The van der Waals surface area contributed by atoms with Crippen molar-refractivity contribution in [3.63, 3.8) is 0 Å². The first-order chi connectivity index (χ1) is 13.2. The van der Waals surface area contributed by atoms with E-state index in [1.165, 1.54) is 64.2 Å². The molecular weight excluding hydrogens is 340 g/mol. The summed E-state index contributed by atoms with van der Waals surface area (Å²) in [6.07, 6.45) is 14.8. The van der Waals surface area contributed by atoms with Crippen LogP contribution in [-0.4, -0.2) is 5.78 Å². The fourth-order valence-electron chi connectivity index (χ4n) is 10.0. The summed E-state index contributed by atoms with van der Waals surface area (Å²) in [4.78, 5) is 13.4. The lowest BCUT2D eigenvalue weighted by atomic mass is 9.45. The summed E-state index contributed by atoms with van der Waals surface area (Å²) < 4.78 is 0. The normalized spacial score (nSPS) is 52.8. The van der Waals surface area contributed by atoms with Gasteiger partial charge in [0.05, 0.1) is 0 Å². The summed E-state index contributed by atoms with van der Waals surface area (Å²) in [5.41, 5.74) is 1.03. The summed E-state index contributed by atoms with van der Waals surface area (Å²) in [6, 6.07) is 0. The van der Waals surface area contributed by atoms with Crippen LogP contribution in [0.1, 0.15) is 105 Å². The molecule has 0 aliphatic heterocycles. The van der Waals surface area contributed by atoms with Crippen molar-refractivity contribution in [2.45, 2.75) is 105 Å². The molecule has 5 fully saturated rings. The molecule has 0 aromatic rings. The van der Waals surface area contributed by atoms with Crippen molar-refractivity contribution in [3.8, 4) is 0 Å². The number of carbonyl (C=O) groups excluding carboxylic acids is 1.